The molecule has 4 atom stereocenters. The standard InChI is InChI=1S/C20H32N6O7S/c1-10(2)16(26-17(29)12(21)6-11-8-22-9-23-11)19(31)24-13(4-5-34-3)18(30)25-14(20(32)33)7-15(27)28/h8-10,12-14,16H,4-7,21H2,1-3H3,(H,22,23)(H,24,31)(H,25,30)(H,26,29)(H,27,28)(H,32,33). The Hall–Kier alpha value is -3.13. The lowest BCUT2D eigenvalue weighted by Gasteiger charge is -2.26. The maximum atomic E-state index is 13.0. The van der Waals surface area contributed by atoms with Gasteiger partial charge in [-0.2, -0.15) is 11.8 Å². The number of aliphatic carboxylic acids is 2. The van der Waals surface area contributed by atoms with E-state index in [0.29, 0.717) is 11.4 Å². The van der Waals surface area contributed by atoms with Crippen LogP contribution in [-0.4, -0.2) is 86.0 Å². The number of nitrogens with two attached hydrogens (primary N) is 1. The first-order chi connectivity index (χ1) is 16.0. The Bertz CT molecular complexity index is 848. The van der Waals surface area contributed by atoms with E-state index in [2.05, 4.69) is 25.9 Å². The number of carboxylic acids is 2. The first-order valence-corrected chi connectivity index (χ1v) is 11.9. The van der Waals surface area contributed by atoms with Crippen molar-refractivity contribution in [3.8, 4) is 0 Å². The summed E-state index contributed by atoms with van der Waals surface area (Å²) in [6.45, 7) is 3.41. The van der Waals surface area contributed by atoms with Crippen molar-refractivity contribution in [3.63, 3.8) is 0 Å². The van der Waals surface area contributed by atoms with E-state index in [9.17, 15) is 29.1 Å². The molecule has 0 radical (unpaired) electrons. The number of nitrogens with one attached hydrogen (secondary N) is 4. The van der Waals surface area contributed by atoms with Gasteiger partial charge in [-0.05, 0) is 24.3 Å². The topological polar surface area (TPSA) is 217 Å². The Balaban J connectivity index is 2.89. The third-order valence-electron chi connectivity index (χ3n) is 4.82. The second kappa shape index (κ2) is 14.2. The lowest BCUT2D eigenvalue weighted by molar-refractivity contribution is -0.147. The fraction of sp³-hybridized carbons (Fsp3) is 0.600. The number of hydrogen-bond acceptors (Lipinski definition) is 8. The Morgan fingerprint density at radius 2 is 1.71 bits per heavy atom. The number of rotatable bonds is 15. The van der Waals surface area contributed by atoms with Crippen LogP contribution in [0.1, 0.15) is 32.4 Å². The Kier molecular flexibility index (Phi) is 12.1. The van der Waals surface area contributed by atoms with Gasteiger partial charge in [0.25, 0.3) is 0 Å². The van der Waals surface area contributed by atoms with E-state index in [1.54, 1.807) is 20.1 Å². The predicted molar refractivity (Wildman–Crippen MR) is 124 cm³/mol. The van der Waals surface area contributed by atoms with Crippen LogP contribution in [0.5, 0.6) is 0 Å². The largest absolute Gasteiger partial charge is 0.481 e. The van der Waals surface area contributed by atoms with Crippen molar-refractivity contribution in [1.82, 2.24) is 25.9 Å². The highest BCUT2D eigenvalue weighted by Crippen LogP contribution is 2.08. The molecular weight excluding hydrogens is 468 g/mol. The number of nitrogens with zero attached hydrogens (tertiary/aromatic N) is 1. The molecule has 0 spiro atoms. The molecule has 0 aliphatic rings. The number of aromatic amines is 1. The van der Waals surface area contributed by atoms with Crippen LogP contribution in [0, 0.1) is 5.92 Å². The molecule has 14 heteroatoms. The van der Waals surface area contributed by atoms with Crippen molar-refractivity contribution in [3.05, 3.63) is 18.2 Å². The average molecular weight is 501 g/mol. The maximum Gasteiger partial charge on any atom is 0.326 e. The first kappa shape index (κ1) is 28.9. The monoisotopic (exact) mass is 500 g/mol. The minimum absolute atomic E-state index is 0.163. The average Bonchev–Trinajstić information content (AvgIpc) is 3.26. The van der Waals surface area contributed by atoms with Gasteiger partial charge >= 0.3 is 11.9 Å². The summed E-state index contributed by atoms with van der Waals surface area (Å²) in [4.78, 5) is 67.1. The van der Waals surface area contributed by atoms with Crippen LogP contribution in [0.25, 0.3) is 0 Å². The van der Waals surface area contributed by atoms with E-state index >= 15 is 0 Å². The number of imidazole rings is 1. The van der Waals surface area contributed by atoms with Gasteiger partial charge in [-0.15, -0.1) is 0 Å². The number of hydrogen-bond donors (Lipinski definition) is 7. The Morgan fingerprint density at radius 1 is 1.06 bits per heavy atom. The Labute approximate surface area is 201 Å². The van der Waals surface area contributed by atoms with E-state index in [4.69, 9.17) is 10.8 Å². The summed E-state index contributed by atoms with van der Waals surface area (Å²) in [5.74, 6) is -4.85. The zero-order valence-corrected chi connectivity index (χ0v) is 20.1. The van der Waals surface area contributed by atoms with Gasteiger partial charge in [0.05, 0.1) is 18.8 Å². The van der Waals surface area contributed by atoms with Crippen molar-refractivity contribution in [2.24, 2.45) is 11.7 Å². The smallest absolute Gasteiger partial charge is 0.326 e. The molecule has 13 nitrogen and oxygen atoms in total. The van der Waals surface area contributed by atoms with Crippen molar-refractivity contribution in [2.45, 2.75) is 57.3 Å². The summed E-state index contributed by atoms with van der Waals surface area (Å²) < 4.78 is 0. The van der Waals surface area contributed by atoms with Crippen LogP contribution < -0.4 is 21.7 Å². The number of H-pyrrole nitrogens is 1. The summed E-state index contributed by atoms with van der Waals surface area (Å²) in [5, 5.41) is 25.3. The van der Waals surface area contributed by atoms with Crippen LogP contribution in [-0.2, 0) is 30.4 Å². The fourth-order valence-electron chi connectivity index (χ4n) is 2.93. The van der Waals surface area contributed by atoms with E-state index in [-0.39, 0.29) is 18.8 Å². The number of thioether (sulfide) groups is 1. The lowest BCUT2D eigenvalue weighted by Crippen LogP contribution is -2.58. The zero-order valence-electron chi connectivity index (χ0n) is 19.2. The molecule has 0 aliphatic carbocycles. The quantitative estimate of drug-likeness (QED) is 0.151. The van der Waals surface area contributed by atoms with Gasteiger partial charge < -0.3 is 36.9 Å². The van der Waals surface area contributed by atoms with Gasteiger partial charge in [0.2, 0.25) is 17.7 Å². The van der Waals surface area contributed by atoms with Gasteiger partial charge in [0, 0.05) is 18.3 Å². The van der Waals surface area contributed by atoms with E-state index < -0.39 is 60.2 Å². The number of amides is 3. The summed E-state index contributed by atoms with van der Waals surface area (Å²) in [5.41, 5.74) is 6.58. The SMILES string of the molecule is CSCCC(NC(=O)C(NC(=O)C(N)Cc1cnc[nH]1)C(C)C)C(=O)NC(CC(=O)O)C(=O)O. The molecule has 1 aromatic heterocycles. The minimum Gasteiger partial charge on any atom is -0.481 e. The van der Waals surface area contributed by atoms with Crippen LogP contribution in [0.3, 0.4) is 0 Å². The van der Waals surface area contributed by atoms with Gasteiger partial charge in [0.1, 0.15) is 18.1 Å². The molecule has 4 unspecified atom stereocenters. The molecule has 0 aliphatic heterocycles. The third-order valence-corrected chi connectivity index (χ3v) is 5.46. The van der Waals surface area contributed by atoms with E-state index in [1.165, 1.54) is 24.3 Å². The highest BCUT2D eigenvalue weighted by molar-refractivity contribution is 7.98. The van der Waals surface area contributed by atoms with Crippen LogP contribution in [0.4, 0.5) is 0 Å². The summed E-state index contributed by atoms with van der Waals surface area (Å²) in [6.07, 6.45) is 4.30. The first-order valence-electron chi connectivity index (χ1n) is 10.5. The molecule has 1 aromatic rings. The van der Waals surface area contributed by atoms with Crippen molar-refractivity contribution < 1.29 is 34.2 Å². The molecule has 1 rings (SSSR count). The molecule has 0 aromatic carbocycles. The second-order valence-electron chi connectivity index (χ2n) is 7.96. The lowest BCUT2D eigenvalue weighted by atomic mass is 10.0. The van der Waals surface area contributed by atoms with Gasteiger partial charge in [-0.25, -0.2) is 9.78 Å². The van der Waals surface area contributed by atoms with E-state index in [1.807, 2.05) is 0 Å². The number of carboxylic acid groups (broad SMARTS) is 2. The zero-order chi connectivity index (χ0) is 25.8. The molecular formula is C20H32N6O7S. The third kappa shape index (κ3) is 9.79. The fourth-order valence-corrected chi connectivity index (χ4v) is 3.41. The number of aromatic nitrogens is 2. The normalized spacial score (nSPS) is 14.5. The molecule has 34 heavy (non-hydrogen) atoms. The summed E-state index contributed by atoms with van der Waals surface area (Å²) in [6, 6.07) is -4.75. The predicted octanol–water partition coefficient (Wildman–Crippen LogP) is -1.30. The second-order valence-corrected chi connectivity index (χ2v) is 8.94. The molecule has 190 valence electrons. The molecule has 0 saturated heterocycles. The highest BCUT2D eigenvalue weighted by atomic mass is 32.2. The van der Waals surface area contributed by atoms with E-state index in [0.717, 1.165) is 0 Å². The molecule has 0 saturated carbocycles. The minimum atomic E-state index is -1.65. The molecule has 8 N–H and O–H groups in total. The highest BCUT2D eigenvalue weighted by Gasteiger charge is 2.32. The molecule has 1 heterocycles. The summed E-state index contributed by atoms with van der Waals surface area (Å²) >= 11 is 1.41. The van der Waals surface area contributed by atoms with Crippen molar-refractivity contribution in [2.75, 3.05) is 12.0 Å². The molecule has 0 fully saturated rings. The molecule has 0 bridgehead atoms. The molecule has 3 amide bonds. The summed E-state index contributed by atoms with van der Waals surface area (Å²) in [7, 11) is 0. The maximum absolute atomic E-state index is 13.0. The van der Waals surface area contributed by atoms with Crippen LogP contribution in [0.2, 0.25) is 0 Å². The van der Waals surface area contributed by atoms with Gasteiger partial charge in [-0.1, -0.05) is 13.8 Å². The van der Waals surface area contributed by atoms with Gasteiger partial charge in [0.15, 0.2) is 0 Å². The van der Waals surface area contributed by atoms with Crippen LogP contribution >= 0.6 is 11.8 Å². The van der Waals surface area contributed by atoms with Crippen molar-refractivity contribution in [1.29, 1.82) is 0 Å². The number of carbonyl (C=O) groups excluding carboxylic acids is 3. The Morgan fingerprint density at radius 3 is 2.21 bits per heavy atom. The number of carbonyl (C=O) groups is 5. The van der Waals surface area contributed by atoms with Crippen LogP contribution in [0.15, 0.2) is 12.5 Å². The van der Waals surface area contributed by atoms with Gasteiger partial charge in [-0.3, -0.25) is 19.2 Å². The van der Waals surface area contributed by atoms with Crippen molar-refractivity contribution >= 4 is 41.4 Å².